The van der Waals surface area contributed by atoms with Crippen LogP contribution in [-0.2, 0) is 13.0 Å². The Morgan fingerprint density at radius 2 is 0.946 bits per heavy atom. The third kappa shape index (κ3) is 14.8. The molecule has 210 valence electrons. The van der Waals surface area contributed by atoms with Gasteiger partial charge in [-0.05, 0) is 31.4 Å². The minimum Gasteiger partial charge on any atom is -0.234 e. The molecule has 0 amide bonds. The van der Waals surface area contributed by atoms with Crippen molar-refractivity contribution >= 4 is 0 Å². The maximum atomic E-state index is 2.55. The first-order valence-electron chi connectivity index (χ1n) is 16.5. The molecule has 2 rings (SSSR count). The van der Waals surface area contributed by atoms with Crippen LogP contribution in [0.4, 0.5) is 0 Å². The summed E-state index contributed by atoms with van der Waals surface area (Å²) in [6, 6.07) is 10.9. The summed E-state index contributed by atoms with van der Waals surface area (Å²) in [5.41, 5.74) is 1.30. The van der Waals surface area contributed by atoms with Crippen LogP contribution in [0.2, 0.25) is 0 Å². The third-order valence-electron chi connectivity index (χ3n) is 8.05. The molecule has 0 aliphatic carbocycles. The molecule has 0 spiro atoms. The first kappa shape index (κ1) is 31.6. The monoisotopic (exact) mass is 509 g/mol. The Morgan fingerprint density at radius 1 is 0.514 bits per heavy atom. The molecular weight excluding hydrogens is 448 g/mol. The molecule has 0 radical (unpaired) electrons. The second-order valence-corrected chi connectivity index (χ2v) is 11.4. The summed E-state index contributed by atoms with van der Waals surface area (Å²) < 4.78 is 4.99. The molecule has 1 aromatic heterocycles. The van der Waals surface area contributed by atoms with Crippen molar-refractivity contribution in [1.29, 1.82) is 0 Å². The van der Waals surface area contributed by atoms with Crippen LogP contribution in [0.15, 0.2) is 42.7 Å². The zero-order valence-electron chi connectivity index (χ0n) is 24.9. The predicted octanol–water partition coefficient (Wildman–Crippen LogP) is 10.9. The van der Waals surface area contributed by atoms with Crippen molar-refractivity contribution in [3.8, 4) is 5.69 Å². The predicted molar refractivity (Wildman–Crippen MR) is 163 cm³/mol. The normalized spacial score (nSPS) is 11.4. The van der Waals surface area contributed by atoms with Crippen molar-refractivity contribution in [1.82, 2.24) is 4.57 Å². The Hall–Kier alpha value is -1.57. The van der Waals surface area contributed by atoms with Crippen molar-refractivity contribution in [2.45, 2.75) is 168 Å². The van der Waals surface area contributed by atoms with Crippen LogP contribution in [0.25, 0.3) is 5.69 Å². The Balaban J connectivity index is 1.65. The highest BCUT2D eigenvalue weighted by Crippen LogP contribution is 2.16. The van der Waals surface area contributed by atoms with E-state index in [1.807, 2.05) is 0 Å². The van der Waals surface area contributed by atoms with Gasteiger partial charge in [0.25, 0.3) is 5.82 Å². The maximum Gasteiger partial charge on any atom is 0.261 e. The fourth-order valence-electron chi connectivity index (χ4n) is 5.64. The first-order chi connectivity index (χ1) is 18.4. The second kappa shape index (κ2) is 22.4. The number of benzene rings is 1. The summed E-state index contributed by atoms with van der Waals surface area (Å²) in [5.74, 6) is 1.49. The summed E-state index contributed by atoms with van der Waals surface area (Å²) in [7, 11) is 0. The van der Waals surface area contributed by atoms with E-state index in [1.54, 1.807) is 0 Å². The summed E-state index contributed by atoms with van der Waals surface area (Å²) in [6.07, 6.45) is 36.8. The van der Waals surface area contributed by atoms with E-state index in [0.717, 1.165) is 0 Å². The second-order valence-electron chi connectivity index (χ2n) is 11.4. The highest BCUT2D eigenvalue weighted by molar-refractivity contribution is 5.31. The molecule has 1 heterocycles. The zero-order chi connectivity index (χ0) is 26.2. The number of aromatic nitrogens is 2. The van der Waals surface area contributed by atoms with Gasteiger partial charge < -0.3 is 0 Å². The number of nitrogens with zero attached hydrogens (tertiary/aromatic N) is 2. The molecular formula is C35H61N2+. The number of para-hydroxylation sites is 1. The lowest BCUT2D eigenvalue weighted by Crippen LogP contribution is -2.37. The number of unbranched alkanes of at least 4 members (excludes halogenated alkanes) is 20. The average Bonchev–Trinajstić information content (AvgIpc) is 3.33. The van der Waals surface area contributed by atoms with Gasteiger partial charge in [-0.3, -0.25) is 0 Å². The van der Waals surface area contributed by atoms with E-state index in [4.69, 9.17) is 0 Å². The van der Waals surface area contributed by atoms with E-state index in [2.05, 4.69) is 65.7 Å². The molecule has 0 N–H and O–H groups in total. The van der Waals surface area contributed by atoms with Gasteiger partial charge in [0.1, 0.15) is 18.1 Å². The number of imidazole rings is 1. The van der Waals surface area contributed by atoms with E-state index in [1.165, 1.54) is 166 Å². The van der Waals surface area contributed by atoms with Crippen LogP contribution < -0.4 is 4.57 Å². The summed E-state index contributed by atoms with van der Waals surface area (Å²) in [6.45, 7) is 5.78. The Morgan fingerprint density at radius 3 is 1.43 bits per heavy atom. The van der Waals surface area contributed by atoms with Crippen LogP contribution in [0.1, 0.15) is 161 Å². The van der Waals surface area contributed by atoms with Gasteiger partial charge in [0.15, 0.2) is 0 Å². The van der Waals surface area contributed by atoms with E-state index in [0.29, 0.717) is 0 Å². The van der Waals surface area contributed by atoms with Crippen molar-refractivity contribution in [3.63, 3.8) is 0 Å². The molecule has 0 aliphatic heterocycles. The van der Waals surface area contributed by atoms with Crippen LogP contribution >= 0.6 is 0 Å². The highest BCUT2D eigenvalue weighted by Gasteiger charge is 2.18. The molecule has 2 nitrogen and oxygen atoms in total. The topological polar surface area (TPSA) is 8.81 Å². The number of aryl methyl sites for hydroxylation is 1. The van der Waals surface area contributed by atoms with E-state index >= 15 is 0 Å². The summed E-state index contributed by atoms with van der Waals surface area (Å²) in [5, 5.41) is 0. The van der Waals surface area contributed by atoms with Gasteiger partial charge in [-0.2, -0.15) is 4.57 Å². The van der Waals surface area contributed by atoms with Gasteiger partial charge in [0.2, 0.25) is 0 Å². The molecule has 0 fully saturated rings. The molecule has 1 aromatic carbocycles. The summed E-state index contributed by atoms with van der Waals surface area (Å²) >= 11 is 0. The molecule has 37 heavy (non-hydrogen) atoms. The molecule has 0 aliphatic rings. The summed E-state index contributed by atoms with van der Waals surface area (Å²) in [4.78, 5) is 0. The third-order valence-corrected chi connectivity index (χ3v) is 8.05. The quantitative estimate of drug-likeness (QED) is 0.0929. The fourth-order valence-corrected chi connectivity index (χ4v) is 5.64. The largest absolute Gasteiger partial charge is 0.261 e. The van der Waals surface area contributed by atoms with Crippen LogP contribution in [0.5, 0.6) is 0 Å². The smallest absolute Gasteiger partial charge is 0.234 e. The van der Waals surface area contributed by atoms with Gasteiger partial charge >= 0.3 is 0 Å². The van der Waals surface area contributed by atoms with Gasteiger partial charge in [-0.25, -0.2) is 4.57 Å². The zero-order valence-corrected chi connectivity index (χ0v) is 24.9. The lowest BCUT2D eigenvalue weighted by atomic mass is 10.0. The SMILES string of the molecule is CCCCCCCCCCCCCCC[n+]1ccn(-c2ccccc2)c1CCCCCCCCCCC. The van der Waals surface area contributed by atoms with E-state index in [-0.39, 0.29) is 0 Å². The highest BCUT2D eigenvalue weighted by atomic mass is 15.1. The number of rotatable bonds is 25. The van der Waals surface area contributed by atoms with Gasteiger partial charge in [-0.1, -0.05) is 154 Å². The van der Waals surface area contributed by atoms with Crippen LogP contribution in [0, 0.1) is 0 Å². The van der Waals surface area contributed by atoms with E-state index < -0.39 is 0 Å². The molecule has 0 saturated carbocycles. The Kier molecular flexibility index (Phi) is 19.2. The van der Waals surface area contributed by atoms with Gasteiger partial charge in [0.05, 0.1) is 6.54 Å². The Labute approximate surface area is 231 Å². The number of hydrogen-bond acceptors (Lipinski definition) is 0. The lowest BCUT2D eigenvalue weighted by molar-refractivity contribution is -0.704. The van der Waals surface area contributed by atoms with Crippen molar-refractivity contribution < 1.29 is 4.57 Å². The van der Waals surface area contributed by atoms with E-state index in [9.17, 15) is 0 Å². The molecule has 0 unspecified atom stereocenters. The molecule has 0 bridgehead atoms. The lowest BCUT2D eigenvalue weighted by Gasteiger charge is -2.07. The van der Waals surface area contributed by atoms with Crippen molar-refractivity contribution in [2.24, 2.45) is 0 Å². The molecule has 0 atom stereocenters. The first-order valence-corrected chi connectivity index (χ1v) is 16.5. The standard InChI is InChI=1S/C35H61N2/c1-3-5-7-9-11-13-14-15-16-18-20-22-27-31-36-32-33-37(34-28-24-23-25-29-34)35(36)30-26-21-19-17-12-10-8-6-4-2/h23-25,28-29,32-33H,3-22,26-27,30-31H2,1-2H3/q+1. The van der Waals surface area contributed by atoms with Gasteiger partial charge in [-0.15, -0.1) is 0 Å². The average molecular weight is 510 g/mol. The minimum atomic E-state index is 1.17. The minimum absolute atomic E-state index is 1.17. The molecule has 2 aromatic rings. The van der Waals surface area contributed by atoms with Crippen molar-refractivity contribution in [3.05, 3.63) is 48.5 Å². The number of hydrogen-bond donors (Lipinski definition) is 0. The Bertz CT molecular complexity index is 748. The van der Waals surface area contributed by atoms with Crippen molar-refractivity contribution in [2.75, 3.05) is 0 Å². The van der Waals surface area contributed by atoms with Gasteiger partial charge in [0, 0.05) is 6.42 Å². The fraction of sp³-hybridized carbons (Fsp3) is 0.743. The van der Waals surface area contributed by atoms with Crippen LogP contribution in [0.3, 0.4) is 0 Å². The molecule has 2 heteroatoms. The molecule has 0 saturated heterocycles. The maximum absolute atomic E-state index is 2.55. The van der Waals surface area contributed by atoms with Crippen LogP contribution in [-0.4, -0.2) is 4.57 Å².